The van der Waals surface area contributed by atoms with Crippen LogP contribution in [0.1, 0.15) is 0 Å². The highest BCUT2D eigenvalue weighted by Crippen LogP contribution is 2.23. The molecule has 4 aromatic carbocycles. The van der Waals surface area contributed by atoms with Gasteiger partial charge < -0.3 is 8.22 Å². The lowest BCUT2D eigenvalue weighted by molar-refractivity contribution is 0.796. The van der Waals surface area contributed by atoms with Gasteiger partial charge in [0.05, 0.1) is 0 Å². The van der Waals surface area contributed by atoms with Gasteiger partial charge in [-0.3, -0.25) is 0 Å². The number of hydrogen-bond acceptors (Lipinski definition) is 0. The first-order valence-electron chi connectivity index (χ1n) is 9.27. The van der Waals surface area contributed by atoms with Crippen molar-refractivity contribution in [2.45, 2.75) is 0 Å². The minimum absolute atomic E-state index is 0.475. The molecule has 0 saturated heterocycles. The summed E-state index contributed by atoms with van der Waals surface area (Å²) in [6.07, 6.45) is 0. The largest absolute Gasteiger partial charge is 0.340 e. The zero-order chi connectivity index (χ0) is 19.5. The molecule has 0 radical (unpaired) electrons. The normalized spacial score (nSPS) is 11.9. The summed E-state index contributed by atoms with van der Waals surface area (Å²) in [6, 6.07) is 35.7. The highest BCUT2D eigenvalue weighted by molar-refractivity contribution is 7.54. The molecule has 0 unspecified atom stereocenters. The van der Waals surface area contributed by atoms with Crippen LogP contribution in [0, 0.1) is 0 Å². The Morgan fingerprint density at radius 1 is 0.321 bits per heavy atom. The maximum absolute atomic E-state index is 17.5. The molecular formula is C24H20F2Si2. The van der Waals surface area contributed by atoms with E-state index in [-0.39, 0.29) is 0 Å². The van der Waals surface area contributed by atoms with E-state index in [1.807, 2.05) is 24.3 Å². The van der Waals surface area contributed by atoms with Crippen molar-refractivity contribution in [3.63, 3.8) is 0 Å². The molecule has 0 saturated carbocycles. The van der Waals surface area contributed by atoms with E-state index in [2.05, 4.69) is 0 Å². The SMILES string of the molecule is F[Si](c1ccccc1)(c1ccccc1)[Si](F)(c1ccccc1)c1ccccc1. The van der Waals surface area contributed by atoms with Gasteiger partial charge >= 0.3 is 15.9 Å². The van der Waals surface area contributed by atoms with Crippen molar-refractivity contribution < 1.29 is 8.22 Å². The van der Waals surface area contributed by atoms with Crippen LogP contribution in [0.5, 0.6) is 0 Å². The van der Waals surface area contributed by atoms with Crippen LogP contribution in [0.4, 0.5) is 8.22 Å². The number of hydrogen-bond donors (Lipinski definition) is 0. The molecule has 0 aromatic heterocycles. The van der Waals surface area contributed by atoms with Crippen LogP contribution in [0.3, 0.4) is 0 Å². The third-order valence-corrected chi connectivity index (χ3v) is 16.9. The average molecular weight is 403 g/mol. The van der Waals surface area contributed by atoms with E-state index >= 15 is 8.22 Å². The molecule has 0 aliphatic carbocycles. The van der Waals surface area contributed by atoms with Crippen LogP contribution >= 0.6 is 0 Å². The first-order chi connectivity index (χ1) is 13.7. The fraction of sp³-hybridized carbons (Fsp3) is 0. The molecule has 28 heavy (non-hydrogen) atoms. The molecule has 0 heterocycles. The molecular weight excluding hydrogens is 382 g/mol. The van der Waals surface area contributed by atoms with E-state index in [0.717, 1.165) is 0 Å². The van der Waals surface area contributed by atoms with Crippen molar-refractivity contribution in [2.24, 2.45) is 0 Å². The van der Waals surface area contributed by atoms with E-state index < -0.39 is 15.9 Å². The second kappa shape index (κ2) is 7.66. The Hall–Kier alpha value is -2.83. The Morgan fingerprint density at radius 3 is 0.679 bits per heavy atom. The summed E-state index contributed by atoms with van der Waals surface area (Å²) in [5.74, 6) is 0. The van der Waals surface area contributed by atoms with E-state index in [4.69, 9.17) is 0 Å². The molecule has 138 valence electrons. The van der Waals surface area contributed by atoms with Gasteiger partial charge in [0.1, 0.15) is 0 Å². The van der Waals surface area contributed by atoms with Crippen molar-refractivity contribution >= 4 is 36.6 Å². The molecule has 0 aliphatic rings. The van der Waals surface area contributed by atoms with Gasteiger partial charge in [-0.2, -0.15) is 0 Å². The highest BCUT2D eigenvalue weighted by atomic mass is 29.3. The van der Waals surface area contributed by atoms with Crippen molar-refractivity contribution in [1.29, 1.82) is 0 Å². The lowest BCUT2D eigenvalue weighted by atomic mass is 10.4. The zero-order valence-corrected chi connectivity index (χ0v) is 17.3. The van der Waals surface area contributed by atoms with Crippen LogP contribution in [-0.2, 0) is 0 Å². The van der Waals surface area contributed by atoms with Crippen molar-refractivity contribution in [2.75, 3.05) is 0 Å². The van der Waals surface area contributed by atoms with Gasteiger partial charge in [0.15, 0.2) is 0 Å². The Labute approximate surface area is 166 Å². The Balaban J connectivity index is 2.09. The van der Waals surface area contributed by atoms with Crippen LogP contribution in [0.25, 0.3) is 0 Å². The Kier molecular flexibility index (Phi) is 5.07. The third kappa shape index (κ3) is 2.95. The number of benzene rings is 4. The van der Waals surface area contributed by atoms with Crippen molar-refractivity contribution in [3.05, 3.63) is 121 Å². The lowest BCUT2D eigenvalue weighted by Crippen LogP contribution is -2.81. The fourth-order valence-corrected chi connectivity index (χ4v) is 15.4. The number of rotatable bonds is 5. The summed E-state index contributed by atoms with van der Waals surface area (Å²) < 4.78 is 35.0. The average Bonchev–Trinajstić information content (AvgIpc) is 2.80. The summed E-state index contributed by atoms with van der Waals surface area (Å²) in [5, 5.41) is 1.90. The van der Waals surface area contributed by atoms with Crippen LogP contribution in [0.2, 0.25) is 0 Å². The maximum Gasteiger partial charge on any atom is 0.340 e. The topological polar surface area (TPSA) is 0 Å². The van der Waals surface area contributed by atoms with Crippen LogP contribution in [-0.4, -0.2) is 15.9 Å². The smallest absolute Gasteiger partial charge is 0.302 e. The molecule has 4 rings (SSSR count). The van der Waals surface area contributed by atoms with Gasteiger partial charge in [-0.25, -0.2) is 0 Å². The van der Waals surface area contributed by atoms with Crippen LogP contribution < -0.4 is 20.7 Å². The summed E-state index contributed by atoms with van der Waals surface area (Å²) in [6.45, 7) is 0. The van der Waals surface area contributed by atoms with Gasteiger partial charge in [-0.05, 0) is 20.7 Å². The third-order valence-electron chi connectivity index (χ3n) is 5.16. The van der Waals surface area contributed by atoms with Gasteiger partial charge in [0.2, 0.25) is 0 Å². The number of halogens is 2. The fourth-order valence-electron chi connectivity index (χ4n) is 3.80. The van der Waals surface area contributed by atoms with Gasteiger partial charge in [0, 0.05) is 0 Å². The monoisotopic (exact) mass is 402 g/mol. The van der Waals surface area contributed by atoms with Crippen LogP contribution in [0.15, 0.2) is 121 Å². The Morgan fingerprint density at radius 2 is 0.500 bits per heavy atom. The molecule has 0 spiro atoms. The van der Waals surface area contributed by atoms with E-state index in [1.54, 1.807) is 97.1 Å². The van der Waals surface area contributed by atoms with Gasteiger partial charge in [-0.15, -0.1) is 0 Å². The summed E-state index contributed by atoms with van der Waals surface area (Å²) in [7, 11) is -8.53. The molecule has 0 aliphatic heterocycles. The molecule has 4 aromatic rings. The van der Waals surface area contributed by atoms with Gasteiger partial charge in [-0.1, -0.05) is 121 Å². The first-order valence-corrected chi connectivity index (χ1v) is 14.0. The zero-order valence-electron chi connectivity index (χ0n) is 15.3. The summed E-state index contributed by atoms with van der Waals surface area (Å²) in [4.78, 5) is 0. The van der Waals surface area contributed by atoms with Gasteiger partial charge in [0.25, 0.3) is 0 Å². The summed E-state index contributed by atoms with van der Waals surface area (Å²) >= 11 is 0. The Bertz CT molecular complexity index is 857. The molecule has 0 nitrogen and oxygen atoms in total. The second-order valence-electron chi connectivity index (χ2n) is 6.78. The minimum Gasteiger partial charge on any atom is -0.302 e. The molecule has 0 bridgehead atoms. The quantitative estimate of drug-likeness (QED) is 0.354. The minimum atomic E-state index is -4.26. The molecule has 0 amide bonds. The second-order valence-corrected chi connectivity index (χ2v) is 15.9. The van der Waals surface area contributed by atoms with E-state index in [9.17, 15) is 0 Å². The molecule has 0 N–H and O–H groups in total. The van der Waals surface area contributed by atoms with E-state index in [0.29, 0.717) is 20.7 Å². The lowest BCUT2D eigenvalue weighted by Gasteiger charge is -2.36. The standard InChI is InChI=1S/C24H20F2Si2/c25-27(21-13-5-1-6-14-21,22-15-7-2-8-16-22)28(26,23-17-9-3-10-18-23)24-19-11-4-12-20-24/h1-20H. The first kappa shape index (κ1) is 18.5. The predicted molar refractivity (Wildman–Crippen MR) is 118 cm³/mol. The van der Waals surface area contributed by atoms with E-state index in [1.165, 1.54) is 0 Å². The maximum atomic E-state index is 17.5. The van der Waals surface area contributed by atoms with Crippen molar-refractivity contribution in [3.8, 4) is 0 Å². The summed E-state index contributed by atoms with van der Waals surface area (Å²) in [5.41, 5.74) is 0. The molecule has 0 atom stereocenters. The highest BCUT2D eigenvalue weighted by Gasteiger charge is 2.64. The molecule has 0 fully saturated rings. The predicted octanol–water partition coefficient (Wildman–Crippen LogP) is 3.52. The van der Waals surface area contributed by atoms with Crippen molar-refractivity contribution in [1.82, 2.24) is 0 Å². The molecule has 4 heteroatoms.